The molecule has 5 aromatic rings. The van der Waals surface area contributed by atoms with Gasteiger partial charge in [0.15, 0.2) is 17.1 Å². The number of hydrogen-bond acceptors (Lipinski definition) is 10. The van der Waals surface area contributed by atoms with E-state index < -0.39 is 0 Å². The first-order valence-electron chi connectivity index (χ1n) is 11.9. The molecule has 12 nitrogen and oxygen atoms in total. The molecule has 5 heterocycles. The first-order chi connectivity index (χ1) is 18.0. The van der Waals surface area contributed by atoms with Crippen LogP contribution in [0.15, 0.2) is 51.9 Å². The summed E-state index contributed by atoms with van der Waals surface area (Å²) in [5.74, 6) is 0.978. The van der Waals surface area contributed by atoms with E-state index in [1.165, 1.54) is 4.52 Å². The Morgan fingerprint density at radius 1 is 1.08 bits per heavy atom. The van der Waals surface area contributed by atoms with Gasteiger partial charge in [0.25, 0.3) is 5.91 Å². The number of carbonyl (C=O) groups excluding carboxylic acids is 1. The smallest absolute Gasteiger partial charge is 0.309 e. The molecule has 1 aromatic carbocycles. The molecule has 13 heteroatoms. The molecule has 0 unspecified atom stereocenters. The Bertz CT molecular complexity index is 1630. The summed E-state index contributed by atoms with van der Waals surface area (Å²) in [6.45, 7) is 4.67. The molecule has 0 radical (unpaired) electrons. The number of carbonyl (C=O) groups is 1. The first kappa shape index (κ1) is 23.2. The van der Waals surface area contributed by atoms with Crippen molar-refractivity contribution in [2.24, 2.45) is 0 Å². The molecule has 1 amide bonds. The van der Waals surface area contributed by atoms with Gasteiger partial charge in [0.05, 0.1) is 6.26 Å². The zero-order valence-electron chi connectivity index (χ0n) is 20.1. The molecule has 6 rings (SSSR count). The zero-order chi connectivity index (χ0) is 25.5. The van der Waals surface area contributed by atoms with Crippen molar-refractivity contribution in [3.63, 3.8) is 0 Å². The summed E-state index contributed by atoms with van der Waals surface area (Å²) in [5.41, 5.74) is 8.94. The average Bonchev–Trinajstić information content (AvgIpc) is 3.67. The lowest BCUT2D eigenvalue weighted by Crippen LogP contribution is -2.47. The van der Waals surface area contributed by atoms with E-state index in [9.17, 15) is 9.59 Å². The number of amides is 1. The summed E-state index contributed by atoms with van der Waals surface area (Å²) in [7, 11) is 1.63. The molecule has 1 fully saturated rings. The van der Waals surface area contributed by atoms with Crippen LogP contribution in [0.25, 0.3) is 27.6 Å². The maximum absolute atomic E-state index is 12.9. The minimum Gasteiger partial charge on any atom is -0.461 e. The molecule has 0 spiro atoms. The van der Waals surface area contributed by atoms with E-state index >= 15 is 0 Å². The van der Waals surface area contributed by atoms with E-state index in [2.05, 4.69) is 30.2 Å². The van der Waals surface area contributed by atoms with Crippen molar-refractivity contribution in [2.75, 3.05) is 50.4 Å². The van der Waals surface area contributed by atoms with Crippen LogP contribution in [0.4, 0.5) is 11.6 Å². The molecule has 1 aliphatic rings. The lowest BCUT2D eigenvalue weighted by atomic mass is 10.1. The highest BCUT2D eigenvalue weighted by atomic mass is 32.1. The fraction of sp³-hybridized carbons (Fsp3) is 0.292. The third-order valence-corrected chi connectivity index (χ3v) is 7.56. The standard InChI is InChI=1S/C24H25N9O3S/c1-26-22(34)15-4-6-16(7-5-15)31-11-8-30(9-12-31)10-13-32-20-18(37-24(32)35)21-27-19(17-3-2-14-36-17)29-33(21)23(25)28-20/h2-7,14H,8-13H2,1H3,(H2,25,28)(H,26,34). The number of hydrogen-bond donors (Lipinski definition) is 2. The number of benzene rings is 1. The molecular weight excluding hydrogens is 494 g/mol. The van der Waals surface area contributed by atoms with E-state index in [1.807, 2.05) is 24.3 Å². The Morgan fingerprint density at radius 2 is 1.86 bits per heavy atom. The molecule has 0 saturated carbocycles. The van der Waals surface area contributed by atoms with Crippen molar-refractivity contribution < 1.29 is 9.21 Å². The number of anilines is 2. The third-order valence-electron chi connectivity index (χ3n) is 6.59. The van der Waals surface area contributed by atoms with Crippen molar-refractivity contribution in [1.82, 2.24) is 34.4 Å². The zero-order valence-corrected chi connectivity index (χ0v) is 20.9. The summed E-state index contributed by atoms with van der Waals surface area (Å²) in [6, 6.07) is 11.2. The topological polar surface area (TPSA) is 140 Å². The Labute approximate surface area is 214 Å². The molecule has 190 valence electrons. The number of nitrogens with one attached hydrogen (secondary N) is 1. The summed E-state index contributed by atoms with van der Waals surface area (Å²) in [6.07, 6.45) is 1.55. The van der Waals surface area contributed by atoms with E-state index in [-0.39, 0.29) is 16.7 Å². The third kappa shape index (κ3) is 4.21. The van der Waals surface area contributed by atoms with Crippen molar-refractivity contribution in [2.45, 2.75) is 6.54 Å². The number of nitrogen functional groups attached to an aromatic ring is 1. The van der Waals surface area contributed by atoms with Crippen LogP contribution in [0.5, 0.6) is 0 Å². The number of fused-ring (bicyclic) bond motifs is 3. The summed E-state index contributed by atoms with van der Waals surface area (Å²) >= 11 is 1.10. The van der Waals surface area contributed by atoms with Gasteiger partial charge in [-0.15, -0.1) is 5.10 Å². The second kappa shape index (κ2) is 9.33. The average molecular weight is 520 g/mol. The monoisotopic (exact) mass is 519 g/mol. The highest BCUT2D eigenvalue weighted by Gasteiger charge is 2.21. The number of nitrogens with two attached hydrogens (primary N) is 1. The number of nitrogens with zero attached hydrogens (tertiary/aromatic N) is 7. The van der Waals surface area contributed by atoms with Crippen LogP contribution < -0.4 is 20.8 Å². The van der Waals surface area contributed by atoms with Crippen molar-refractivity contribution >= 4 is 44.9 Å². The maximum atomic E-state index is 12.9. The quantitative estimate of drug-likeness (QED) is 0.342. The van der Waals surface area contributed by atoms with Gasteiger partial charge < -0.3 is 20.4 Å². The molecule has 4 aromatic heterocycles. The Kier molecular flexibility index (Phi) is 5.85. The molecule has 1 saturated heterocycles. The maximum Gasteiger partial charge on any atom is 0.309 e. The minimum atomic E-state index is -0.104. The fourth-order valence-electron chi connectivity index (χ4n) is 4.57. The van der Waals surface area contributed by atoms with Crippen molar-refractivity contribution in [3.8, 4) is 11.6 Å². The molecule has 1 aliphatic heterocycles. The van der Waals surface area contributed by atoms with E-state index in [4.69, 9.17) is 10.2 Å². The first-order valence-corrected chi connectivity index (χ1v) is 12.7. The molecular formula is C24H25N9O3S. The molecule has 0 bridgehead atoms. The number of rotatable bonds is 6. The number of piperazine rings is 1. The Balaban J connectivity index is 1.16. The fourth-order valence-corrected chi connectivity index (χ4v) is 5.51. The van der Waals surface area contributed by atoms with E-state index in [1.54, 1.807) is 30.0 Å². The lowest BCUT2D eigenvalue weighted by molar-refractivity contribution is 0.0963. The molecule has 0 aliphatic carbocycles. The number of furan rings is 1. The molecule has 37 heavy (non-hydrogen) atoms. The SMILES string of the molecule is CNC(=O)c1ccc(N2CCN(CCn3c(=O)sc4c3nc(N)n3nc(-c5ccco5)nc43)CC2)cc1. The van der Waals surface area contributed by atoms with Crippen LogP contribution in [-0.2, 0) is 6.54 Å². The van der Waals surface area contributed by atoms with Gasteiger partial charge in [0.1, 0.15) is 4.70 Å². The second-order valence-corrected chi connectivity index (χ2v) is 9.71. The number of thiazole rings is 1. The van der Waals surface area contributed by atoms with E-state index in [0.717, 1.165) is 43.2 Å². The highest BCUT2D eigenvalue weighted by Crippen LogP contribution is 2.25. The summed E-state index contributed by atoms with van der Waals surface area (Å²) in [4.78, 5) is 38.3. The van der Waals surface area contributed by atoms with Gasteiger partial charge in [0.2, 0.25) is 11.8 Å². The summed E-state index contributed by atoms with van der Waals surface area (Å²) < 4.78 is 9.16. The Hall–Kier alpha value is -4.23. The van der Waals surface area contributed by atoms with Crippen molar-refractivity contribution in [3.05, 3.63) is 57.9 Å². The van der Waals surface area contributed by atoms with Gasteiger partial charge in [-0.05, 0) is 36.4 Å². The van der Waals surface area contributed by atoms with Crippen LogP contribution in [0.3, 0.4) is 0 Å². The van der Waals surface area contributed by atoms with Crippen LogP contribution in [0, 0.1) is 0 Å². The van der Waals surface area contributed by atoms with Crippen LogP contribution in [-0.4, -0.2) is 74.7 Å². The summed E-state index contributed by atoms with van der Waals surface area (Å²) in [5, 5.41) is 7.04. The molecule has 0 atom stereocenters. The van der Waals surface area contributed by atoms with Crippen molar-refractivity contribution in [1.29, 1.82) is 0 Å². The molecule has 3 N–H and O–H groups in total. The predicted molar refractivity (Wildman–Crippen MR) is 141 cm³/mol. The van der Waals surface area contributed by atoms with Gasteiger partial charge in [0, 0.05) is 57.6 Å². The highest BCUT2D eigenvalue weighted by molar-refractivity contribution is 7.17. The van der Waals surface area contributed by atoms with E-state index in [0.29, 0.717) is 46.2 Å². The largest absolute Gasteiger partial charge is 0.461 e. The van der Waals surface area contributed by atoms with Gasteiger partial charge in [-0.3, -0.25) is 19.1 Å². The number of aromatic nitrogens is 5. The predicted octanol–water partition coefficient (Wildman–Crippen LogP) is 1.52. The Morgan fingerprint density at radius 3 is 2.57 bits per heavy atom. The van der Waals surface area contributed by atoms with Gasteiger partial charge in [-0.25, -0.2) is 4.98 Å². The lowest BCUT2D eigenvalue weighted by Gasteiger charge is -2.36. The van der Waals surface area contributed by atoms with Gasteiger partial charge in [-0.2, -0.15) is 9.50 Å². The minimum absolute atomic E-state index is 0.0912. The van der Waals surface area contributed by atoms with Gasteiger partial charge in [-0.1, -0.05) is 11.3 Å². The normalized spacial score (nSPS) is 14.6. The van der Waals surface area contributed by atoms with Gasteiger partial charge >= 0.3 is 4.87 Å². The van der Waals surface area contributed by atoms with Crippen LogP contribution >= 0.6 is 11.3 Å². The van der Waals surface area contributed by atoms with Crippen LogP contribution in [0.2, 0.25) is 0 Å². The second-order valence-electron chi connectivity index (χ2n) is 8.75. The van der Waals surface area contributed by atoms with Crippen LogP contribution in [0.1, 0.15) is 10.4 Å².